The molecule has 1 aliphatic rings. The minimum Gasteiger partial charge on any atom is -0.383 e. The molecule has 5 rings (SSSR count). The Hall–Kier alpha value is -3.01. The van der Waals surface area contributed by atoms with Gasteiger partial charge in [0.05, 0.1) is 16.4 Å². The van der Waals surface area contributed by atoms with Gasteiger partial charge in [0.1, 0.15) is 12.1 Å². The normalized spacial score (nSPS) is 14.5. The highest BCUT2D eigenvalue weighted by Crippen LogP contribution is 2.36. The summed E-state index contributed by atoms with van der Waals surface area (Å²) in [5.74, 6) is -0.543. The summed E-state index contributed by atoms with van der Waals surface area (Å²) in [5, 5.41) is 0.767. The van der Waals surface area contributed by atoms with Gasteiger partial charge < -0.3 is 15.5 Å². The third kappa shape index (κ3) is 4.06. The summed E-state index contributed by atoms with van der Waals surface area (Å²) >= 11 is 9.17. The highest BCUT2D eigenvalue weighted by Gasteiger charge is 2.32. The Morgan fingerprint density at radius 2 is 1.62 bits per heavy atom. The summed E-state index contributed by atoms with van der Waals surface area (Å²) in [6.45, 7) is 1.74. The molecule has 32 heavy (non-hydrogen) atoms. The van der Waals surface area contributed by atoms with Crippen LogP contribution in [0.3, 0.4) is 0 Å². The highest BCUT2D eigenvalue weighted by atomic mass is 35.5. The van der Waals surface area contributed by atoms with Crippen LogP contribution in [-0.4, -0.2) is 44.7 Å². The van der Waals surface area contributed by atoms with Crippen LogP contribution in [0.1, 0.15) is 10.4 Å². The predicted molar refractivity (Wildman–Crippen MR) is 127 cm³/mol. The Labute approximate surface area is 197 Å². The van der Waals surface area contributed by atoms with Crippen molar-refractivity contribution in [1.82, 2.24) is 19.8 Å². The van der Waals surface area contributed by atoms with Gasteiger partial charge >= 0.3 is 11.8 Å². The van der Waals surface area contributed by atoms with Crippen LogP contribution < -0.4 is 5.73 Å². The van der Waals surface area contributed by atoms with Crippen molar-refractivity contribution in [2.75, 3.05) is 18.8 Å². The Kier molecular flexibility index (Phi) is 5.54. The van der Waals surface area contributed by atoms with Crippen LogP contribution in [0.4, 0.5) is 5.82 Å². The summed E-state index contributed by atoms with van der Waals surface area (Å²) in [5.41, 5.74) is 7.48. The van der Waals surface area contributed by atoms with Gasteiger partial charge in [-0.15, -0.1) is 22.7 Å². The summed E-state index contributed by atoms with van der Waals surface area (Å²) in [6.07, 6.45) is 1.41. The predicted octanol–water partition coefficient (Wildman–Crippen LogP) is 4.03. The third-order valence-electron chi connectivity index (χ3n) is 5.33. The van der Waals surface area contributed by atoms with Crippen LogP contribution in [0.5, 0.6) is 0 Å². The van der Waals surface area contributed by atoms with E-state index < -0.39 is 11.8 Å². The molecule has 0 unspecified atom stereocenters. The molecule has 4 aromatic rings. The van der Waals surface area contributed by atoms with Crippen molar-refractivity contribution < 1.29 is 9.59 Å². The van der Waals surface area contributed by atoms with Gasteiger partial charge in [-0.2, -0.15) is 0 Å². The van der Waals surface area contributed by atoms with Crippen molar-refractivity contribution in [3.05, 3.63) is 63.6 Å². The molecule has 7 nitrogen and oxygen atoms in total. The monoisotopic (exact) mass is 483 g/mol. The average Bonchev–Trinajstić information content (AvgIpc) is 3.42. The molecular weight excluding hydrogens is 466 g/mol. The van der Waals surface area contributed by atoms with Crippen LogP contribution >= 0.6 is 34.3 Å². The van der Waals surface area contributed by atoms with Crippen molar-refractivity contribution in [3.63, 3.8) is 0 Å². The van der Waals surface area contributed by atoms with E-state index in [-0.39, 0.29) is 0 Å². The van der Waals surface area contributed by atoms with Crippen LogP contribution in [0, 0.1) is 0 Å². The van der Waals surface area contributed by atoms with Gasteiger partial charge in [0, 0.05) is 39.7 Å². The highest BCUT2D eigenvalue weighted by molar-refractivity contribution is 7.24. The van der Waals surface area contributed by atoms with Gasteiger partial charge in [0.2, 0.25) is 0 Å². The number of thiophene rings is 2. The topological polar surface area (TPSA) is 92.4 Å². The molecule has 0 atom stereocenters. The zero-order chi connectivity index (χ0) is 22.2. The summed E-state index contributed by atoms with van der Waals surface area (Å²) < 4.78 is 0.745. The number of nitrogen functional groups attached to an aromatic ring is 1. The number of nitrogens with two attached hydrogens (primary N) is 1. The van der Waals surface area contributed by atoms with Crippen molar-refractivity contribution in [2.45, 2.75) is 13.1 Å². The first-order chi connectivity index (χ1) is 15.5. The van der Waals surface area contributed by atoms with E-state index in [4.69, 9.17) is 17.3 Å². The lowest BCUT2D eigenvalue weighted by Gasteiger charge is -2.33. The zero-order valence-corrected chi connectivity index (χ0v) is 19.2. The second kappa shape index (κ2) is 8.50. The molecule has 4 heterocycles. The number of hydrogen-bond donors (Lipinski definition) is 1. The number of carbonyl (C=O) groups excluding carboxylic acids is 2. The second-order valence-corrected chi connectivity index (χ2v) is 10.3. The number of rotatable bonds is 5. The largest absolute Gasteiger partial charge is 0.383 e. The molecule has 1 fully saturated rings. The fraction of sp³-hybridized carbons (Fsp3) is 0.182. The number of fused-ring (bicyclic) bond motifs is 1. The van der Waals surface area contributed by atoms with Crippen molar-refractivity contribution in [1.29, 1.82) is 0 Å². The first-order valence-corrected chi connectivity index (χ1v) is 11.9. The molecule has 10 heteroatoms. The lowest BCUT2D eigenvalue weighted by atomic mass is 10.1. The molecule has 3 aromatic heterocycles. The quantitative estimate of drug-likeness (QED) is 0.433. The van der Waals surface area contributed by atoms with Gasteiger partial charge in [-0.1, -0.05) is 17.7 Å². The van der Waals surface area contributed by atoms with E-state index in [9.17, 15) is 9.59 Å². The Morgan fingerprint density at radius 3 is 2.38 bits per heavy atom. The standard InChI is InChI=1S/C22H18ClN5O2S2/c23-19-6-5-18(32-19)17-4-2-14(31-17)11-28-8-7-27(21(29)22(28)30)10-13-1-3-15-16(9-13)25-12-26-20(15)24/h1-6,9,12H,7-8,10-11H2,(H2,24,25,26). The number of aromatic nitrogens is 2. The number of benzene rings is 1. The van der Waals surface area contributed by atoms with E-state index in [1.165, 1.54) is 17.7 Å². The van der Waals surface area contributed by atoms with Crippen LogP contribution in [0.15, 0.2) is 48.8 Å². The number of carbonyl (C=O) groups is 2. The minimum absolute atomic E-state index is 0.348. The van der Waals surface area contributed by atoms with Gasteiger partial charge in [-0.3, -0.25) is 9.59 Å². The van der Waals surface area contributed by atoms with E-state index in [1.54, 1.807) is 21.1 Å². The SMILES string of the molecule is Nc1ncnc2cc(CN3CCN(Cc4ccc(-c5ccc(Cl)s5)s4)C(=O)C3=O)ccc12. The molecule has 0 aliphatic carbocycles. The molecule has 0 radical (unpaired) electrons. The number of halogens is 1. The van der Waals surface area contributed by atoms with Crippen LogP contribution in [-0.2, 0) is 22.7 Å². The average molecular weight is 484 g/mol. The van der Waals surface area contributed by atoms with E-state index >= 15 is 0 Å². The molecule has 0 spiro atoms. The summed E-state index contributed by atoms with van der Waals surface area (Å²) in [7, 11) is 0. The molecule has 2 amide bonds. The number of amides is 2. The third-order valence-corrected chi connectivity index (χ3v) is 7.82. The van der Waals surface area contributed by atoms with E-state index in [0.29, 0.717) is 37.5 Å². The van der Waals surface area contributed by atoms with Crippen molar-refractivity contribution in [3.8, 4) is 9.75 Å². The number of piperazine rings is 1. The molecule has 1 aliphatic heterocycles. The smallest absolute Gasteiger partial charge is 0.312 e. The molecule has 0 bridgehead atoms. The molecule has 1 aromatic carbocycles. The first-order valence-electron chi connectivity index (χ1n) is 9.89. The Balaban J connectivity index is 1.25. The maximum absolute atomic E-state index is 12.8. The minimum atomic E-state index is -0.486. The summed E-state index contributed by atoms with van der Waals surface area (Å²) in [4.78, 5) is 40.2. The van der Waals surface area contributed by atoms with Gasteiger partial charge in [-0.25, -0.2) is 9.97 Å². The van der Waals surface area contributed by atoms with E-state index in [2.05, 4.69) is 9.97 Å². The number of hydrogen-bond acceptors (Lipinski definition) is 7. The number of nitrogens with zero attached hydrogens (tertiary/aromatic N) is 4. The molecule has 1 saturated heterocycles. The fourth-order valence-electron chi connectivity index (χ4n) is 3.69. The molecule has 0 saturated carbocycles. The van der Waals surface area contributed by atoms with Crippen molar-refractivity contribution in [2.24, 2.45) is 0 Å². The second-order valence-electron chi connectivity index (χ2n) is 7.43. The fourth-order valence-corrected chi connectivity index (χ4v) is 5.85. The van der Waals surface area contributed by atoms with Crippen LogP contribution in [0.25, 0.3) is 20.7 Å². The van der Waals surface area contributed by atoms with E-state index in [0.717, 1.165) is 29.9 Å². The molecule has 162 valence electrons. The molecular formula is C22H18ClN5O2S2. The Bertz CT molecular complexity index is 1330. The number of anilines is 1. The maximum Gasteiger partial charge on any atom is 0.312 e. The summed E-state index contributed by atoms with van der Waals surface area (Å²) in [6, 6.07) is 13.5. The molecule has 2 N–H and O–H groups in total. The van der Waals surface area contributed by atoms with Gasteiger partial charge in [0.15, 0.2) is 0 Å². The first kappa shape index (κ1) is 20.9. The lowest BCUT2D eigenvalue weighted by molar-refractivity contribution is -0.156. The van der Waals surface area contributed by atoms with Gasteiger partial charge in [-0.05, 0) is 42.0 Å². The zero-order valence-electron chi connectivity index (χ0n) is 16.8. The van der Waals surface area contributed by atoms with E-state index in [1.807, 2.05) is 42.5 Å². The van der Waals surface area contributed by atoms with Crippen LogP contribution in [0.2, 0.25) is 4.34 Å². The maximum atomic E-state index is 12.8. The van der Waals surface area contributed by atoms with Gasteiger partial charge in [0.25, 0.3) is 0 Å². The Morgan fingerprint density at radius 1 is 0.906 bits per heavy atom. The van der Waals surface area contributed by atoms with Crippen molar-refractivity contribution >= 4 is 62.8 Å². The lowest BCUT2D eigenvalue weighted by Crippen LogP contribution is -2.53.